The van der Waals surface area contributed by atoms with Crippen molar-refractivity contribution in [1.82, 2.24) is 15.2 Å². The fourth-order valence-corrected chi connectivity index (χ4v) is 4.01. The Kier molecular flexibility index (Phi) is 4.84. The second-order valence-corrected chi connectivity index (χ2v) is 6.94. The molecule has 2 atom stereocenters. The predicted molar refractivity (Wildman–Crippen MR) is 88.5 cm³/mol. The summed E-state index contributed by atoms with van der Waals surface area (Å²) in [5.74, 6) is 0.601. The van der Waals surface area contributed by atoms with Crippen LogP contribution in [0.1, 0.15) is 27.8 Å². The van der Waals surface area contributed by atoms with Crippen molar-refractivity contribution in [2.45, 2.75) is 19.0 Å². The Hall–Kier alpha value is -1.74. The van der Waals surface area contributed by atoms with Crippen LogP contribution in [-0.4, -0.2) is 30.0 Å². The molecule has 1 N–H and O–H groups in total. The van der Waals surface area contributed by atoms with Gasteiger partial charge < -0.3 is 5.32 Å². The number of nitriles is 1. The highest BCUT2D eigenvalue weighted by Gasteiger charge is 2.32. The van der Waals surface area contributed by atoms with Gasteiger partial charge in [-0.15, -0.1) is 11.3 Å². The molecule has 22 heavy (non-hydrogen) atoms. The van der Waals surface area contributed by atoms with E-state index in [2.05, 4.69) is 34.4 Å². The van der Waals surface area contributed by atoms with E-state index in [0.29, 0.717) is 12.0 Å². The Morgan fingerprint density at radius 3 is 3.09 bits per heavy atom. The summed E-state index contributed by atoms with van der Waals surface area (Å²) in [5, 5.41) is 12.4. The molecule has 0 spiro atoms. The lowest BCUT2D eigenvalue weighted by atomic mass is 9.95. The highest BCUT2D eigenvalue weighted by atomic mass is 32.1. The van der Waals surface area contributed by atoms with Gasteiger partial charge in [0.25, 0.3) is 0 Å². The van der Waals surface area contributed by atoms with Crippen molar-refractivity contribution in [3.8, 4) is 6.07 Å². The number of likely N-dealkylation sites (tertiary alicyclic amines) is 1. The largest absolute Gasteiger partial charge is 0.312 e. The molecular weight excluding hydrogens is 292 g/mol. The van der Waals surface area contributed by atoms with Crippen molar-refractivity contribution in [2.24, 2.45) is 5.92 Å². The highest BCUT2D eigenvalue weighted by Crippen LogP contribution is 2.35. The van der Waals surface area contributed by atoms with Crippen LogP contribution in [0.2, 0.25) is 0 Å². The number of thiophene rings is 1. The Morgan fingerprint density at radius 2 is 2.36 bits per heavy atom. The molecule has 114 valence electrons. The van der Waals surface area contributed by atoms with E-state index < -0.39 is 0 Å². The molecule has 1 fully saturated rings. The second-order valence-electron chi connectivity index (χ2n) is 5.77. The molecule has 4 nitrogen and oxygen atoms in total. The molecule has 3 heterocycles. The quantitative estimate of drug-likeness (QED) is 0.922. The van der Waals surface area contributed by atoms with Crippen LogP contribution >= 0.6 is 11.3 Å². The third kappa shape index (κ3) is 3.36. The molecule has 1 aliphatic rings. The van der Waals surface area contributed by atoms with Gasteiger partial charge in [0.1, 0.15) is 10.9 Å². The van der Waals surface area contributed by atoms with E-state index in [0.717, 1.165) is 24.5 Å². The van der Waals surface area contributed by atoms with Gasteiger partial charge in [-0.1, -0.05) is 6.07 Å². The molecule has 0 radical (unpaired) electrons. The molecule has 3 rings (SSSR count). The van der Waals surface area contributed by atoms with Crippen LogP contribution in [0.5, 0.6) is 0 Å². The maximum Gasteiger partial charge on any atom is 0.110 e. The van der Waals surface area contributed by atoms with Gasteiger partial charge in [0.2, 0.25) is 0 Å². The molecular formula is C17H20N4S. The Labute approximate surface area is 135 Å². The SMILES string of the molecule is CN1CC[C@@H](CNCc2ccc(C#N)s2)[C@@H]1c1cccnc1. The number of hydrogen-bond donors (Lipinski definition) is 1. The molecule has 0 amide bonds. The average Bonchev–Trinajstić information content (AvgIpc) is 3.15. The molecule has 0 aliphatic carbocycles. The minimum absolute atomic E-state index is 0.444. The Morgan fingerprint density at radius 1 is 1.45 bits per heavy atom. The number of pyridine rings is 1. The number of hydrogen-bond acceptors (Lipinski definition) is 5. The Balaban J connectivity index is 1.58. The van der Waals surface area contributed by atoms with Crippen molar-refractivity contribution >= 4 is 11.3 Å². The van der Waals surface area contributed by atoms with Crippen molar-refractivity contribution < 1.29 is 0 Å². The van der Waals surface area contributed by atoms with Gasteiger partial charge in [-0.25, -0.2) is 0 Å². The lowest BCUT2D eigenvalue weighted by molar-refractivity contribution is 0.271. The first-order valence-corrected chi connectivity index (χ1v) is 8.39. The summed E-state index contributed by atoms with van der Waals surface area (Å²) in [6, 6.07) is 10.8. The van der Waals surface area contributed by atoms with Crippen LogP contribution in [0.15, 0.2) is 36.7 Å². The first kappa shape index (κ1) is 15.2. The zero-order valence-corrected chi connectivity index (χ0v) is 13.5. The summed E-state index contributed by atoms with van der Waals surface area (Å²) < 4.78 is 0. The molecule has 0 saturated carbocycles. The molecule has 1 aliphatic heterocycles. The van der Waals surface area contributed by atoms with E-state index >= 15 is 0 Å². The zero-order chi connectivity index (χ0) is 15.4. The predicted octanol–water partition coefficient (Wildman–Crippen LogP) is 2.80. The fraction of sp³-hybridized carbons (Fsp3) is 0.412. The van der Waals surface area contributed by atoms with Crippen molar-refractivity contribution in [3.05, 3.63) is 52.0 Å². The second kappa shape index (κ2) is 7.01. The van der Waals surface area contributed by atoms with Gasteiger partial charge in [0.05, 0.1) is 0 Å². The first-order chi connectivity index (χ1) is 10.8. The van der Waals surface area contributed by atoms with E-state index in [-0.39, 0.29) is 0 Å². The molecule has 2 aromatic heterocycles. The van der Waals surface area contributed by atoms with Crippen LogP contribution in [0.4, 0.5) is 0 Å². The number of nitrogens with zero attached hydrogens (tertiary/aromatic N) is 3. The molecule has 1 saturated heterocycles. The van der Waals surface area contributed by atoms with E-state index in [9.17, 15) is 0 Å². The first-order valence-electron chi connectivity index (χ1n) is 7.57. The summed E-state index contributed by atoms with van der Waals surface area (Å²) in [6.07, 6.45) is 5.02. The average molecular weight is 312 g/mol. The van der Waals surface area contributed by atoms with Crippen LogP contribution < -0.4 is 5.32 Å². The minimum Gasteiger partial charge on any atom is -0.312 e. The fourth-order valence-electron chi connectivity index (χ4n) is 3.23. The zero-order valence-electron chi connectivity index (χ0n) is 12.7. The van der Waals surface area contributed by atoms with Crippen LogP contribution in [0.3, 0.4) is 0 Å². The third-order valence-electron chi connectivity index (χ3n) is 4.28. The van der Waals surface area contributed by atoms with Gasteiger partial charge in [0, 0.05) is 36.4 Å². The molecule has 0 unspecified atom stereocenters. The standard InChI is InChI=1S/C17H20N4S/c1-21-8-6-14(17(21)13-3-2-7-19-10-13)11-20-12-16-5-4-15(9-18)22-16/h2-5,7,10,14,17,20H,6,8,11-12H2,1H3/t14-,17-/m0/s1. The van der Waals surface area contributed by atoms with Gasteiger partial charge in [0.15, 0.2) is 0 Å². The van der Waals surface area contributed by atoms with E-state index in [1.807, 2.05) is 30.6 Å². The van der Waals surface area contributed by atoms with Crippen LogP contribution in [0, 0.1) is 17.2 Å². The monoisotopic (exact) mass is 312 g/mol. The molecule has 0 bridgehead atoms. The topological polar surface area (TPSA) is 52.0 Å². The van der Waals surface area contributed by atoms with Crippen molar-refractivity contribution in [1.29, 1.82) is 5.26 Å². The Bertz CT molecular complexity index is 646. The van der Waals surface area contributed by atoms with Gasteiger partial charge in [-0.05, 0) is 49.7 Å². The lowest BCUT2D eigenvalue weighted by Gasteiger charge is -2.25. The maximum atomic E-state index is 8.87. The van der Waals surface area contributed by atoms with Crippen molar-refractivity contribution in [2.75, 3.05) is 20.1 Å². The van der Waals surface area contributed by atoms with Gasteiger partial charge in [-0.3, -0.25) is 9.88 Å². The minimum atomic E-state index is 0.444. The summed E-state index contributed by atoms with van der Waals surface area (Å²) in [5.41, 5.74) is 1.30. The normalized spacial score (nSPS) is 21.8. The van der Waals surface area contributed by atoms with Crippen LogP contribution in [-0.2, 0) is 6.54 Å². The summed E-state index contributed by atoms with van der Waals surface area (Å²) in [7, 11) is 2.19. The molecule has 5 heteroatoms. The highest BCUT2D eigenvalue weighted by molar-refractivity contribution is 7.12. The molecule has 0 aromatic carbocycles. The maximum absolute atomic E-state index is 8.87. The number of aromatic nitrogens is 1. The van der Waals surface area contributed by atoms with Gasteiger partial charge in [-0.2, -0.15) is 5.26 Å². The summed E-state index contributed by atoms with van der Waals surface area (Å²) in [6.45, 7) is 2.96. The van der Waals surface area contributed by atoms with E-state index in [4.69, 9.17) is 5.26 Å². The third-order valence-corrected chi connectivity index (χ3v) is 5.27. The van der Waals surface area contributed by atoms with Crippen molar-refractivity contribution in [3.63, 3.8) is 0 Å². The summed E-state index contributed by atoms with van der Waals surface area (Å²) >= 11 is 1.57. The smallest absolute Gasteiger partial charge is 0.110 e. The van der Waals surface area contributed by atoms with E-state index in [1.165, 1.54) is 16.9 Å². The lowest BCUT2D eigenvalue weighted by Crippen LogP contribution is -2.28. The molecule has 2 aromatic rings. The van der Waals surface area contributed by atoms with Crippen LogP contribution in [0.25, 0.3) is 0 Å². The summed E-state index contributed by atoms with van der Waals surface area (Å²) in [4.78, 5) is 8.69. The number of rotatable bonds is 5. The number of nitrogens with one attached hydrogen (secondary N) is 1. The van der Waals surface area contributed by atoms with Gasteiger partial charge >= 0.3 is 0 Å². The van der Waals surface area contributed by atoms with E-state index in [1.54, 1.807) is 11.3 Å².